The first-order chi connectivity index (χ1) is 9.83. The number of hydrogen-bond acceptors (Lipinski definition) is 4. The third-order valence-corrected chi connectivity index (χ3v) is 5.33. The van der Waals surface area contributed by atoms with Crippen molar-refractivity contribution in [1.82, 2.24) is 15.2 Å². The normalized spacial score (nSPS) is 21.4. The Balaban J connectivity index is 1.38. The van der Waals surface area contributed by atoms with Crippen molar-refractivity contribution in [2.45, 2.75) is 58.0 Å². The van der Waals surface area contributed by atoms with E-state index in [9.17, 15) is 0 Å². The second kappa shape index (κ2) is 7.01. The third kappa shape index (κ3) is 4.27. The Morgan fingerprint density at radius 2 is 2.10 bits per heavy atom. The van der Waals surface area contributed by atoms with Gasteiger partial charge >= 0.3 is 0 Å². The number of nitrogens with one attached hydrogen (secondary N) is 1. The Kier molecular flexibility index (Phi) is 5.08. The average Bonchev–Trinajstić information content (AvgIpc) is 3.19. The zero-order valence-corrected chi connectivity index (χ0v) is 13.4. The Morgan fingerprint density at radius 1 is 1.30 bits per heavy atom. The molecule has 3 nitrogen and oxygen atoms in total. The van der Waals surface area contributed by atoms with Gasteiger partial charge in [0.05, 0.1) is 12.2 Å². The van der Waals surface area contributed by atoms with Gasteiger partial charge in [0.15, 0.2) is 0 Å². The Labute approximate surface area is 126 Å². The van der Waals surface area contributed by atoms with Crippen molar-refractivity contribution < 1.29 is 0 Å². The van der Waals surface area contributed by atoms with Gasteiger partial charge in [0.1, 0.15) is 5.01 Å². The standard InChI is InChI=1S/C16H27N3S/c1-2-3-15-12-20-16(18-15)11-19-8-6-14(7-9-19)17-10-13-4-5-13/h12-14,17H,2-11H2,1H3. The molecule has 1 aromatic heterocycles. The van der Waals surface area contributed by atoms with Crippen LogP contribution in [0.5, 0.6) is 0 Å². The zero-order valence-electron chi connectivity index (χ0n) is 12.6. The van der Waals surface area contributed by atoms with Gasteiger partial charge in [-0.3, -0.25) is 4.90 Å². The molecule has 1 aromatic rings. The van der Waals surface area contributed by atoms with Gasteiger partial charge < -0.3 is 5.32 Å². The molecule has 1 saturated heterocycles. The van der Waals surface area contributed by atoms with Gasteiger partial charge in [0.2, 0.25) is 0 Å². The summed E-state index contributed by atoms with van der Waals surface area (Å²) in [6.45, 7) is 7.00. The van der Waals surface area contributed by atoms with E-state index in [4.69, 9.17) is 4.98 Å². The van der Waals surface area contributed by atoms with Gasteiger partial charge in [-0.05, 0) is 44.6 Å². The summed E-state index contributed by atoms with van der Waals surface area (Å²) in [6.07, 6.45) is 7.84. The van der Waals surface area contributed by atoms with Crippen LogP contribution in [-0.2, 0) is 13.0 Å². The lowest BCUT2D eigenvalue weighted by Crippen LogP contribution is -2.42. The minimum absolute atomic E-state index is 0.763. The number of nitrogens with zero attached hydrogens (tertiary/aromatic N) is 2. The molecule has 4 heteroatoms. The number of aromatic nitrogens is 1. The predicted octanol–water partition coefficient (Wildman–Crippen LogP) is 3.06. The molecule has 1 aliphatic heterocycles. The Bertz CT molecular complexity index is 406. The van der Waals surface area contributed by atoms with E-state index in [1.165, 1.54) is 62.4 Å². The molecule has 0 aromatic carbocycles. The lowest BCUT2D eigenvalue weighted by Gasteiger charge is -2.31. The van der Waals surface area contributed by atoms with Gasteiger partial charge in [-0.25, -0.2) is 4.98 Å². The highest BCUT2D eigenvalue weighted by Crippen LogP contribution is 2.28. The van der Waals surface area contributed by atoms with E-state index in [0.29, 0.717) is 0 Å². The molecule has 1 aliphatic carbocycles. The molecule has 3 rings (SSSR count). The van der Waals surface area contributed by atoms with Gasteiger partial charge in [0, 0.05) is 24.5 Å². The van der Waals surface area contributed by atoms with Gasteiger partial charge in [-0.2, -0.15) is 0 Å². The largest absolute Gasteiger partial charge is 0.314 e. The quantitative estimate of drug-likeness (QED) is 0.837. The Hall–Kier alpha value is -0.450. The molecular formula is C16H27N3S. The number of aryl methyl sites for hydroxylation is 1. The van der Waals surface area contributed by atoms with E-state index < -0.39 is 0 Å². The molecule has 0 atom stereocenters. The molecule has 1 N–H and O–H groups in total. The molecule has 2 aliphatic rings. The number of rotatable bonds is 7. The molecule has 112 valence electrons. The van der Waals surface area contributed by atoms with Crippen LogP contribution >= 0.6 is 11.3 Å². The molecule has 0 bridgehead atoms. The highest BCUT2D eigenvalue weighted by Gasteiger charge is 2.24. The van der Waals surface area contributed by atoms with Crippen LogP contribution in [0.2, 0.25) is 0 Å². The Morgan fingerprint density at radius 3 is 2.80 bits per heavy atom. The molecule has 0 spiro atoms. The smallest absolute Gasteiger partial charge is 0.107 e. The minimum Gasteiger partial charge on any atom is -0.314 e. The van der Waals surface area contributed by atoms with E-state index in [0.717, 1.165) is 24.9 Å². The summed E-state index contributed by atoms with van der Waals surface area (Å²) in [6, 6.07) is 0.763. The molecular weight excluding hydrogens is 266 g/mol. The van der Waals surface area contributed by atoms with Crippen molar-refractivity contribution in [2.24, 2.45) is 5.92 Å². The first-order valence-corrected chi connectivity index (χ1v) is 9.10. The van der Waals surface area contributed by atoms with E-state index in [1.807, 2.05) is 11.3 Å². The maximum Gasteiger partial charge on any atom is 0.107 e. The van der Waals surface area contributed by atoms with Crippen molar-refractivity contribution >= 4 is 11.3 Å². The van der Waals surface area contributed by atoms with Crippen LogP contribution in [0.3, 0.4) is 0 Å². The van der Waals surface area contributed by atoms with E-state index in [2.05, 4.69) is 22.5 Å². The molecule has 20 heavy (non-hydrogen) atoms. The van der Waals surface area contributed by atoms with Crippen LogP contribution in [0.25, 0.3) is 0 Å². The summed E-state index contributed by atoms with van der Waals surface area (Å²) in [5.41, 5.74) is 1.29. The lowest BCUT2D eigenvalue weighted by atomic mass is 10.0. The van der Waals surface area contributed by atoms with Crippen molar-refractivity contribution in [2.75, 3.05) is 19.6 Å². The monoisotopic (exact) mass is 293 g/mol. The van der Waals surface area contributed by atoms with Crippen molar-refractivity contribution in [3.63, 3.8) is 0 Å². The second-order valence-electron chi connectivity index (χ2n) is 6.38. The summed E-state index contributed by atoms with van der Waals surface area (Å²) < 4.78 is 0. The second-order valence-corrected chi connectivity index (χ2v) is 7.33. The maximum absolute atomic E-state index is 4.74. The summed E-state index contributed by atoms with van der Waals surface area (Å²) in [7, 11) is 0. The van der Waals surface area contributed by atoms with Crippen LogP contribution in [0.1, 0.15) is 49.7 Å². The lowest BCUT2D eigenvalue weighted by molar-refractivity contribution is 0.190. The number of hydrogen-bond donors (Lipinski definition) is 1. The fourth-order valence-corrected chi connectivity index (χ4v) is 3.80. The zero-order chi connectivity index (χ0) is 13.8. The maximum atomic E-state index is 4.74. The predicted molar refractivity (Wildman–Crippen MR) is 85.1 cm³/mol. The molecule has 0 amide bonds. The van der Waals surface area contributed by atoms with E-state index in [1.54, 1.807) is 0 Å². The number of thiazole rings is 1. The van der Waals surface area contributed by atoms with Crippen molar-refractivity contribution in [3.8, 4) is 0 Å². The first kappa shape index (κ1) is 14.5. The third-order valence-electron chi connectivity index (χ3n) is 4.44. The highest BCUT2D eigenvalue weighted by atomic mass is 32.1. The first-order valence-electron chi connectivity index (χ1n) is 8.22. The van der Waals surface area contributed by atoms with Gasteiger partial charge in [-0.15, -0.1) is 11.3 Å². The molecule has 1 saturated carbocycles. The fourth-order valence-electron chi connectivity index (χ4n) is 2.93. The number of likely N-dealkylation sites (tertiary alicyclic amines) is 1. The molecule has 0 radical (unpaired) electrons. The van der Waals surface area contributed by atoms with Crippen LogP contribution < -0.4 is 5.32 Å². The highest BCUT2D eigenvalue weighted by molar-refractivity contribution is 7.09. The van der Waals surface area contributed by atoms with Crippen molar-refractivity contribution in [1.29, 1.82) is 0 Å². The van der Waals surface area contributed by atoms with Crippen LogP contribution in [0.4, 0.5) is 0 Å². The van der Waals surface area contributed by atoms with E-state index >= 15 is 0 Å². The van der Waals surface area contributed by atoms with Crippen molar-refractivity contribution in [3.05, 3.63) is 16.1 Å². The van der Waals surface area contributed by atoms with Crippen LogP contribution in [0.15, 0.2) is 5.38 Å². The molecule has 0 unspecified atom stereocenters. The molecule has 2 fully saturated rings. The molecule has 2 heterocycles. The minimum atomic E-state index is 0.763. The SMILES string of the molecule is CCCc1csc(CN2CCC(NCC3CC3)CC2)n1. The fraction of sp³-hybridized carbons (Fsp3) is 0.812. The summed E-state index contributed by atoms with van der Waals surface area (Å²) in [5.74, 6) is 1.00. The van der Waals surface area contributed by atoms with Gasteiger partial charge in [0.25, 0.3) is 0 Å². The summed E-state index contributed by atoms with van der Waals surface area (Å²) in [4.78, 5) is 7.32. The van der Waals surface area contributed by atoms with E-state index in [-0.39, 0.29) is 0 Å². The van der Waals surface area contributed by atoms with Crippen LogP contribution in [0, 0.1) is 5.92 Å². The van der Waals surface area contributed by atoms with Crippen LogP contribution in [-0.4, -0.2) is 35.6 Å². The summed E-state index contributed by atoms with van der Waals surface area (Å²) >= 11 is 1.84. The number of piperidine rings is 1. The average molecular weight is 293 g/mol. The van der Waals surface area contributed by atoms with Gasteiger partial charge in [-0.1, -0.05) is 13.3 Å². The summed E-state index contributed by atoms with van der Waals surface area (Å²) in [5, 5.41) is 7.29. The topological polar surface area (TPSA) is 28.2 Å².